The number of nitrogens with two attached hydrogens (primary N) is 1. The topological polar surface area (TPSA) is 48.0 Å². The summed E-state index contributed by atoms with van der Waals surface area (Å²) < 4.78 is 17.1. The molecule has 0 bridgehead atoms. The predicted octanol–water partition coefficient (Wildman–Crippen LogP) is 5.80. The van der Waals surface area contributed by atoms with Crippen LogP contribution in [0.4, 0.5) is 4.39 Å². The summed E-state index contributed by atoms with van der Waals surface area (Å²) in [6.45, 7) is 0.549. The fraction of sp³-hybridized carbons (Fsp3) is 0.0417. The minimum absolute atomic E-state index is 0.366. The number of hydrogen-bond donors (Lipinski definition) is 1. The third-order valence-electron chi connectivity index (χ3n) is 5.30. The maximum atomic E-state index is 14.0. The van der Waals surface area contributed by atoms with Crippen molar-refractivity contribution >= 4 is 54.4 Å². The number of primary amides is 1. The number of carbonyl (C=O) groups excluding carboxylic acids is 1. The molecule has 0 atom stereocenters. The SMILES string of the molecule is NC(=O)c1cccc2c1c1[c]c(F)ccc1n2Cc1ccc2ccccc2c1Br. The van der Waals surface area contributed by atoms with E-state index in [9.17, 15) is 9.18 Å². The van der Waals surface area contributed by atoms with Crippen LogP contribution in [0.15, 0.2) is 71.2 Å². The number of hydrogen-bond acceptors (Lipinski definition) is 1. The zero-order valence-electron chi connectivity index (χ0n) is 15.2. The molecule has 0 saturated carbocycles. The number of halogens is 2. The second-order valence-corrected chi connectivity index (χ2v) is 7.77. The number of nitrogens with zero attached hydrogens (tertiary/aromatic N) is 1. The minimum Gasteiger partial charge on any atom is -0.366 e. The van der Waals surface area contributed by atoms with Crippen molar-refractivity contribution in [3.8, 4) is 0 Å². The first-order chi connectivity index (χ1) is 14.0. The van der Waals surface area contributed by atoms with Gasteiger partial charge in [-0.05, 0) is 56.5 Å². The standard InChI is InChI=1S/C24H15BrFN2O/c25-23-15(9-8-14-4-1-2-5-17(14)23)13-28-20-11-10-16(26)12-19(20)22-18(24(27)29)6-3-7-21(22)28/h1-11H,13H2,(H2,27,29). The van der Waals surface area contributed by atoms with Gasteiger partial charge < -0.3 is 10.3 Å². The number of carbonyl (C=O) groups is 1. The van der Waals surface area contributed by atoms with Gasteiger partial charge in [-0.2, -0.15) is 0 Å². The van der Waals surface area contributed by atoms with Gasteiger partial charge in [0, 0.05) is 33.4 Å². The molecular formula is C24H15BrFN2O. The highest BCUT2D eigenvalue weighted by Gasteiger charge is 2.18. The maximum Gasteiger partial charge on any atom is 0.249 e. The summed E-state index contributed by atoms with van der Waals surface area (Å²) in [5, 5.41) is 3.47. The molecule has 5 aromatic rings. The Hall–Kier alpha value is -3.18. The lowest BCUT2D eigenvalue weighted by Crippen LogP contribution is -2.11. The van der Waals surface area contributed by atoms with E-state index in [1.807, 2.05) is 18.2 Å². The molecule has 2 N–H and O–H groups in total. The summed E-state index contributed by atoms with van der Waals surface area (Å²) in [4.78, 5) is 12.0. The Balaban J connectivity index is 1.80. The van der Waals surface area contributed by atoms with Crippen molar-refractivity contribution in [3.63, 3.8) is 0 Å². The number of rotatable bonds is 3. The van der Waals surface area contributed by atoms with Gasteiger partial charge in [0.15, 0.2) is 0 Å². The van der Waals surface area contributed by atoms with E-state index >= 15 is 0 Å². The van der Waals surface area contributed by atoms with Crippen molar-refractivity contribution in [1.82, 2.24) is 4.57 Å². The van der Waals surface area contributed by atoms with E-state index in [1.54, 1.807) is 18.2 Å². The monoisotopic (exact) mass is 445 g/mol. The van der Waals surface area contributed by atoms with Crippen LogP contribution < -0.4 is 5.73 Å². The molecule has 4 aromatic carbocycles. The average Bonchev–Trinajstić information content (AvgIpc) is 3.03. The van der Waals surface area contributed by atoms with Gasteiger partial charge in [0.05, 0.1) is 11.0 Å². The number of fused-ring (bicyclic) bond motifs is 4. The fourth-order valence-electron chi connectivity index (χ4n) is 3.98. The van der Waals surface area contributed by atoms with Crippen LogP contribution >= 0.6 is 15.9 Å². The average molecular weight is 446 g/mol. The molecule has 0 aliphatic rings. The van der Waals surface area contributed by atoms with E-state index < -0.39 is 11.7 Å². The Bertz CT molecular complexity index is 1440. The molecule has 3 nitrogen and oxygen atoms in total. The summed E-state index contributed by atoms with van der Waals surface area (Å²) in [6, 6.07) is 23.6. The Morgan fingerprint density at radius 1 is 1.00 bits per heavy atom. The normalized spacial score (nSPS) is 11.5. The van der Waals surface area contributed by atoms with E-state index in [0.717, 1.165) is 31.8 Å². The van der Waals surface area contributed by atoms with Crippen LogP contribution in [0, 0.1) is 11.9 Å². The molecular weight excluding hydrogens is 431 g/mol. The first-order valence-corrected chi connectivity index (χ1v) is 9.92. The van der Waals surface area contributed by atoms with Gasteiger partial charge in [-0.25, -0.2) is 4.39 Å². The fourth-order valence-corrected chi connectivity index (χ4v) is 4.60. The van der Waals surface area contributed by atoms with Gasteiger partial charge in [-0.15, -0.1) is 0 Å². The smallest absolute Gasteiger partial charge is 0.249 e. The third-order valence-corrected chi connectivity index (χ3v) is 6.24. The summed E-state index contributed by atoms with van der Waals surface area (Å²) in [5.41, 5.74) is 8.66. The van der Waals surface area contributed by atoms with E-state index in [2.05, 4.69) is 50.8 Å². The van der Waals surface area contributed by atoms with E-state index in [4.69, 9.17) is 5.73 Å². The second-order valence-electron chi connectivity index (χ2n) is 6.98. The maximum absolute atomic E-state index is 14.0. The molecule has 0 saturated heterocycles. The Morgan fingerprint density at radius 3 is 2.66 bits per heavy atom. The first kappa shape index (κ1) is 17.9. The van der Waals surface area contributed by atoms with Crippen LogP contribution in [0.2, 0.25) is 0 Å². The van der Waals surface area contributed by atoms with Crippen molar-refractivity contribution in [2.24, 2.45) is 5.73 Å². The van der Waals surface area contributed by atoms with Gasteiger partial charge in [-0.3, -0.25) is 4.79 Å². The molecule has 0 fully saturated rings. The molecule has 5 heteroatoms. The van der Waals surface area contributed by atoms with E-state index in [1.165, 1.54) is 6.07 Å². The molecule has 1 aromatic heterocycles. The van der Waals surface area contributed by atoms with Gasteiger partial charge in [0.2, 0.25) is 5.91 Å². The Morgan fingerprint density at radius 2 is 1.83 bits per heavy atom. The van der Waals surface area contributed by atoms with Crippen LogP contribution in [-0.2, 0) is 6.54 Å². The van der Waals surface area contributed by atoms with Gasteiger partial charge >= 0.3 is 0 Å². The van der Waals surface area contributed by atoms with Crippen molar-refractivity contribution < 1.29 is 9.18 Å². The molecule has 1 radical (unpaired) electrons. The summed E-state index contributed by atoms with van der Waals surface area (Å²) in [6.07, 6.45) is 0. The molecule has 0 aliphatic carbocycles. The molecule has 0 unspecified atom stereocenters. The zero-order valence-corrected chi connectivity index (χ0v) is 16.8. The predicted molar refractivity (Wildman–Crippen MR) is 118 cm³/mol. The molecule has 141 valence electrons. The van der Waals surface area contributed by atoms with Crippen LogP contribution in [0.3, 0.4) is 0 Å². The van der Waals surface area contributed by atoms with Gasteiger partial charge in [0.25, 0.3) is 0 Å². The summed E-state index contributed by atoms with van der Waals surface area (Å²) >= 11 is 3.75. The largest absolute Gasteiger partial charge is 0.366 e. The van der Waals surface area contributed by atoms with Crippen molar-refractivity contribution in [2.45, 2.75) is 6.54 Å². The molecule has 0 aliphatic heterocycles. The lowest BCUT2D eigenvalue weighted by Gasteiger charge is -2.12. The highest BCUT2D eigenvalue weighted by atomic mass is 79.9. The van der Waals surface area contributed by atoms with Crippen molar-refractivity contribution in [3.05, 3.63) is 94.2 Å². The van der Waals surface area contributed by atoms with E-state index in [-0.39, 0.29) is 0 Å². The van der Waals surface area contributed by atoms with Gasteiger partial charge in [0.1, 0.15) is 5.82 Å². The highest BCUT2D eigenvalue weighted by molar-refractivity contribution is 9.10. The quantitative estimate of drug-likeness (QED) is 0.374. The van der Waals surface area contributed by atoms with Crippen molar-refractivity contribution in [1.29, 1.82) is 0 Å². The first-order valence-electron chi connectivity index (χ1n) is 9.13. The zero-order chi connectivity index (χ0) is 20.1. The summed E-state index contributed by atoms with van der Waals surface area (Å²) in [5.74, 6) is -1.01. The molecule has 1 amide bonds. The minimum atomic E-state index is -0.542. The van der Waals surface area contributed by atoms with Crippen LogP contribution in [0.1, 0.15) is 15.9 Å². The lowest BCUT2D eigenvalue weighted by atomic mass is 10.1. The van der Waals surface area contributed by atoms with Crippen LogP contribution in [-0.4, -0.2) is 10.5 Å². The third kappa shape index (κ3) is 2.81. The highest BCUT2D eigenvalue weighted by Crippen LogP contribution is 2.34. The second kappa shape index (κ2) is 6.71. The number of aromatic nitrogens is 1. The number of amides is 1. The summed E-state index contributed by atoms with van der Waals surface area (Å²) in [7, 11) is 0. The van der Waals surface area contributed by atoms with Crippen molar-refractivity contribution in [2.75, 3.05) is 0 Å². The van der Waals surface area contributed by atoms with Crippen LogP contribution in [0.5, 0.6) is 0 Å². The molecule has 0 spiro atoms. The van der Waals surface area contributed by atoms with Crippen LogP contribution in [0.25, 0.3) is 32.6 Å². The molecule has 5 rings (SSSR count). The Labute approximate surface area is 174 Å². The van der Waals surface area contributed by atoms with Gasteiger partial charge in [-0.1, -0.05) is 42.5 Å². The lowest BCUT2D eigenvalue weighted by molar-refractivity contribution is 0.100. The molecule has 1 heterocycles. The Kier molecular flexibility index (Phi) is 4.14. The molecule has 29 heavy (non-hydrogen) atoms. The van der Waals surface area contributed by atoms with E-state index in [0.29, 0.717) is 22.9 Å². The number of benzene rings is 4.